The van der Waals surface area contributed by atoms with Crippen LogP contribution in [-0.4, -0.2) is 48.2 Å². The van der Waals surface area contributed by atoms with Crippen LogP contribution < -0.4 is 0 Å². The molecule has 1 atom stereocenters. The highest BCUT2D eigenvalue weighted by Gasteiger charge is 2.28. The van der Waals surface area contributed by atoms with Crippen LogP contribution in [0.2, 0.25) is 0 Å². The molecular weight excluding hydrogens is 336 g/mol. The summed E-state index contributed by atoms with van der Waals surface area (Å²) in [5.41, 5.74) is -0.744. The lowest BCUT2D eigenvalue weighted by molar-refractivity contribution is -0.0380. The molecule has 0 aromatic heterocycles. The van der Waals surface area contributed by atoms with Crippen molar-refractivity contribution in [3.05, 3.63) is 24.6 Å². The van der Waals surface area contributed by atoms with E-state index in [1.165, 1.54) is 0 Å². The third-order valence-corrected chi connectivity index (χ3v) is 3.57. The van der Waals surface area contributed by atoms with Gasteiger partial charge in [0.2, 0.25) is 0 Å². The van der Waals surface area contributed by atoms with Gasteiger partial charge in [-0.25, -0.2) is 9.59 Å². The summed E-state index contributed by atoms with van der Waals surface area (Å²) in [4.78, 5) is 28.9. The fourth-order valence-electron chi connectivity index (χ4n) is 1.93. The van der Waals surface area contributed by atoms with Gasteiger partial charge in [0.05, 0.1) is 0 Å². The van der Waals surface area contributed by atoms with Crippen molar-refractivity contribution in [2.75, 3.05) is 7.05 Å². The SMILES string of the molecule is C=N/C=C\C(=C)N(C)[C@@H](C)CCC(C)(C)OC(=O)OC(=O)OC(C)(C)C. The highest BCUT2D eigenvalue weighted by molar-refractivity contribution is 5.77. The minimum atomic E-state index is -1.08. The van der Waals surface area contributed by atoms with Crippen molar-refractivity contribution < 1.29 is 23.8 Å². The second-order valence-corrected chi connectivity index (χ2v) is 7.67. The van der Waals surface area contributed by atoms with E-state index in [1.807, 2.05) is 18.9 Å². The van der Waals surface area contributed by atoms with E-state index in [0.29, 0.717) is 6.42 Å². The van der Waals surface area contributed by atoms with E-state index in [1.54, 1.807) is 46.9 Å². The molecule has 0 aliphatic rings. The summed E-state index contributed by atoms with van der Waals surface area (Å²) in [5.74, 6) is 0. The lowest BCUT2D eigenvalue weighted by Crippen LogP contribution is -2.34. The fourth-order valence-corrected chi connectivity index (χ4v) is 1.93. The number of aliphatic imine (C=N–C) groups is 1. The van der Waals surface area contributed by atoms with Crippen molar-refractivity contribution in [1.82, 2.24) is 4.90 Å². The Labute approximate surface area is 156 Å². The predicted molar refractivity (Wildman–Crippen MR) is 102 cm³/mol. The minimum Gasteiger partial charge on any atom is -0.428 e. The highest BCUT2D eigenvalue weighted by Crippen LogP contribution is 2.22. The van der Waals surface area contributed by atoms with Gasteiger partial charge in [0.15, 0.2) is 0 Å². The zero-order valence-corrected chi connectivity index (χ0v) is 17.0. The molecule has 0 saturated carbocycles. The topological polar surface area (TPSA) is 77.4 Å². The van der Waals surface area contributed by atoms with Crippen molar-refractivity contribution in [2.24, 2.45) is 4.99 Å². The van der Waals surface area contributed by atoms with Gasteiger partial charge in [-0.2, -0.15) is 0 Å². The monoisotopic (exact) mass is 368 g/mol. The lowest BCUT2D eigenvalue weighted by atomic mass is 9.99. The van der Waals surface area contributed by atoms with E-state index in [2.05, 4.69) is 23.0 Å². The predicted octanol–water partition coefficient (Wildman–Crippen LogP) is 4.68. The third kappa shape index (κ3) is 10.5. The van der Waals surface area contributed by atoms with Crippen LogP contribution in [-0.2, 0) is 14.2 Å². The first-order chi connectivity index (χ1) is 11.8. The molecule has 0 spiro atoms. The van der Waals surface area contributed by atoms with E-state index >= 15 is 0 Å². The number of hydrogen-bond donors (Lipinski definition) is 0. The van der Waals surface area contributed by atoms with Gasteiger partial charge in [0.1, 0.15) is 11.2 Å². The molecule has 26 heavy (non-hydrogen) atoms. The molecule has 0 bridgehead atoms. The van der Waals surface area contributed by atoms with E-state index in [0.717, 1.165) is 12.1 Å². The molecule has 0 saturated heterocycles. The van der Waals surface area contributed by atoms with Gasteiger partial charge >= 0.3 is 12.3 Å². The summed E-state index contributed by atoms with van der Waals surface area (Å²) >= 11 is 0. The largest absolute Gasteiger partial charge is 0.519 e. The van der Waals surface area contributed by atoms with Gasteiger partial charge in [-0.15, -0.1) is 0 Å². The number of allylic oxidation sites excluding steroid dienone is 1. The Morgan fingerprint density at radius 3 is 2.19 bits per heavy atom. The van der Waals surface area contributed by atoms with Crippen LogP contribution in [0.25, 0.3) is 0 Å². The van der Waals surface area contributed by atoms with E-state index < -0.39 is 23.5 Å². The van der Waals surface area contributed by atoms with E-state index in [-0.39, 0.29) is 6.04 Å². The Morgan fingerprint density at radius 1 is 1.15 bits per heavy atom. The Hall–Kier alpha value is -2.31. The second kappa shape index (κ2) is 9.99. The van der Waals surface area contributed by atoms with Gasteiger partial charge in [-0.3, -0.25) is 4.99 Å². The molecule has 0 unspecified atom stereocenters. The fraction of sp³-hybridized carbons (Fsp3) is 0.632. The summed E-state index contributed by atoms with van der Waals surface area (Å²) in [5, 5.41) is 0. The van der Waals surface area contributed by atoms with Gasteiger partial charge in [-0.05, 0) is 67.2 Å². The second-order valence-electron chi connectivity index (χ2n) is 7.67. The third-order valence-electron chi connectivity index (χ3n) is 3.57. The normalized spacial score (nSPS) is 13.0. The van der Waals surface area contributed by atoms with Crippen LogP contribution in [0.3, 0.4) is 0 Å². The molecule has 0 radical (unpaired) electrons. The molecule has 0 rings (SSSR count). The van der Waals surface area contributed by atoms with Crippen molar-refractivity contribution in [3.63, 3.8) is 0 Å². The lowest BCUT2D eigenvalue weighted by Gasteiger charge is -2.31. The first kappa shape index (κ1) is 23.7. The summed E-state index contributed by atoms with van der Waals surface area (Å²) in [7, 11) is 1.92. The maximum absolute atomic E-state index is 11.8. The van der Waals surface area contributed by atoms with Gasteiger partial charge < -0.3 is 19.1 Å². The molecular formula is C19H32N2O5. The standard InChI is InChI=1S/C19H32N2O5/c1-14(21(9)15(2)11-13-20-8)10-12-19(6,7)26-17(23)24-16(22)25-18(3,4)5/h11,13-14H,2,8,10,12H2,1,3-7,9H3/b13-11-/t14-/m0/s1. The molecule has 7 heteroatoms. The number of carbonyl (C=O) groups excluding carboxylic acids is 2. The van der Waals surface area contributed by atoms with E-state index in [9.17, 15) is 9.59 Å². The number of rotatable bonds is 8. The van der Waals surface area contributed by atoms with Crippen LogP contribution in [0.5, 0.6) is 0 Å². The Kier molecular flexibility index (Phi) is 9.10. The van der Waals surface area contributed by atoms with Crippen LogP contribution in [0.1, 0.15) is 54.4 Å². The molecule has 148 valence electrons. The minimum absolute atomic E-state index is 0.154. The summed E-state index contributed by atoms with van der Waals surface area (Å²) in [6.07, 6.45) is 2.49. The van der Waals surface area contributed by atoms with E-state index in [4.69, 9.17) is 9.47 Å². The molecule has 0 aromatic carbocycles. The average molecular weight is 368 g/mol. The summed E-state index contributed by atoms with van der Waals surface area (Å²) in [6, 6.07) is 0.154. The van der Waals surface area contributed by atoms with Crippen LogP contribution in [0, 0.1) is 0 Å². The molecule has 0 heterocycles. The number of hydrogen-bond acceptors (Lipinski definition) is 7. The molecule has 0 amide bonds. The highest BCUT2D eigenvalue weighted by atomic mass is 16.8. The number of likely N-dealkylation sites (N-methyl/N-ethyl adjacent to an activating group) is 1. The number of carbonyl (C=O) groups is 2. The first-order valence-corrected chi connectivity index (χ1v) is 8.45. The smallest absolute Gasteiger partial charge is 0.428 e. The van der Waals surface area contributed by atoms with Crippen LogP contribution >= 0.6 is 0 Å². The molecule has 0 aliphatic carbocycles. The molecule has 0 aliphatic heterocycles. The van der Waals surface area contributed by atoms with Crippen molar-refractivity contribution in [2.45, 2.75) is 71.6 Å². The van der Waals surface area contributed by atoms with Crippen LogP contribution in [0.4, 0.5) is 9.59 Å². The summed E-state index contributed by atoms with van der Waals surface area (Å²) in [6.45, 7) is 17.9. The maximum Gasteiger partial charge on any atom is 0.519 e. The number of ether oxygens (including phenoxy) is 3. The summed E-state index contributed by atoms with van der Waals surface area (Å²) < 4.78 is 14.7. The maximum atomic E-state index is 11.8. The molecule has 0 N–H and O–H groups in total. The molecule has 0 fully saturated rings. The Balaban J connectivity index is 4.49. The van der Waals surface area contributed by atoms with Gasteiger partial charge in [-0.1, -0.05) is 6.58 Å². The Morgan fingerprint density at radius 2 is 1.69 bits per heavy atom. The zero-order valence-electron chi connectivity index (χ0n) is 17.0. The Bertz CT molecular complexity index is 547. The van der Waals surface area contributed by atoms with Gasteiger partial charge in [0, 0.05) is 25.0 Å². The molecule has 7 nitrogen and oxygen atoms in total. The van der Waals surface area contributed by atoms with Crippen molar-refractivity contribution in [1.29, 1.82) is 0 Å². The number of nitrogens with zero attached hydrogens (tertiary/aromatic N) is 2. The van der Waals surface area contributed by atoms with Crippen molar-refractivity contribution in [3.8, 4) is 0 Å². The van der Waals surface area contributed by atoms with Crippen LogP contribution in [0.15, 0.2) is 29.5 Å². The first-order valence-electron chi connectivity index (χ1n) is 8.45. The average Bonchev–Trinajstić information content (AvgIpc) is 2.46. The van der Waals surface area contributed by atoms with Crippen molar-refractivity contribution >= 4 is 19.0 Å². The van der Waals surface area contributed by atoms with Gasteiger partial charge in [0.25, 0.3) is 0 Å². The quantitative estimate of drug-likeness (QED) is 0.268. The zero-order chi connectivity index (χ0) is 20.5. The molecule has 0 aromatic rings.